The van der Waals surface area contributed by atoms with Crippen molar-refractivity contribution in [3.05, 3.63) is 114 Å². The van der Waals surface area contributed by atoms with Crippen LogP contribution >= 0.6 is 0 Å². The molecular weight excluding hydrogens is 429 g/mol. The monoisotopic (exact) mass is 453 g/mol. The molecule has 0 spiro atoms. The maximum absolute atomic E-state index is 13.8. The number of hydrogen-bond acceptors (Lipinski definition) is 3. The summed E-state index contributed by atoms with van der Waals surface area (Å²) in [4.78, 5) is 11.8. The highest BCUT2D eigenvalue weighted by molar-refractivity contribution is 6.09. The minimum absolute atomic E-state index is 0.172. The van der Waals surface area contributed by atoms with E-state index in [1.807, 2.05) is 54.6 Å². The van der Waals surface area contributed by atoms with Crippen LogP contribution in [-0.2, 0) is 9.53 Å². The van der Waals surface area contributed by atoms with Crippen LogP contribution in [0.5, 0.6) is 5.75 Å². The van der Waals surface area contributed by atoms with Crippen molar-refractivity contribution >= 4 is 27.6 Å². The molecule has 0 N–H and O–H groups in total. The Morgan fingerprint density at radius 2 is 1.56 bits per heavy atom. The van der Waals surface area contributed by atoms with Crippen molar-refractivity contribution in [2.24, 2.45) is 0 Å². The van der Waals surface area contributed by atoms with Crippen LogP contribution in [0.1, 0.15) is 22.9 Å². The smallest absolute Gasteiger partial charge is 0.343 e. The molecule has 4 nitrogen and oxygen atoms in total. The minimum Gasteiger partial charge on any atom is -0.481 e. The lowest BCUT2D eigenvalue weighted by atomic mass is 9.97. The second-order valence-corrected chi connectivity index (χ2v) is 8.24. The van der Waals surface area contributed by atoms with Crippen LogP contribution in [0.4, 0.5) is 4.39 Å². The summed E-state index contributed by atoms with van der Waals surface area (Å²) in [6.07, 6.45) is 0. The molecule has 5 rings (SSSR count). The predicted octanol–water partition coefficient (Wildman–Crippen LogP) is 6.43. The lowest BCUT2D eigenvalue weighted by Gasteiger charge is -2.24. The molecule has 0 amide bonds. The number of ether oxygens (including phenoxy) is 2. The molecule has 0 saturated heterocycles. The molecule has 0 aliphatic carbocycles. The van der Waals surface area contributed by atoms with Gasteiger partial charge >= 0.3 is 5.97 Å². The molecule has 0 aliphatic rings. The number of aryl methyl sites for hydroxylation is 1. The lowest BCUT2D eigenvalue weighted by Crippen LogP contribution is -2.14. The Bertz CT molecular complexity index is 1470. The zero-order valence-corrected chi connectivity index (χ0v) is 19.0. The summed E-state index contributed by atoms with van der Waals surface area (Å²) in [5.74, 6) is -0.0913. The van der Waals surface area contributed by atoms with Gasteiger partial charge in [0.1, 0.15) is 11.6 Å². The van der Waals surface area contributed by atoms with E-state index >= 15 is 0 Å². The van der Waals surface area contributed by atoms with Crippen molar-refractivity contribution in [1.82, 2.24) is 4.57 Å². The van der Waals surface area contributed by atoms with E-state index in [9.17, 15) is 9.18 Å². The number of rotatable bonds is 6. The first-order valence-electron chi connectivity index (χ1n) is 11.1. The van der Waals surface area contributed by atoms with Gasteiger partial charge in [-0.3, -0.25) is 0 Å². The number of methoxy groups -OCH3 is 1. The number of hydrogen-bond donors (Lipinski definition) is 0. The molecule has 5 aromatic rings. The van der Waals surface area contributed by atoms with E-state index in [1.54, 1.807) is 0 Å². The highest BCUT2D eigenvalue weighted by Crippen LogP contribution is 2.40. The average Bonchev–Trinajstić information content (AvgIpc) is 3.21. The number of carbonyl (C=O) groups is 1. The standard InChI is InChI=1S/C29H24FNO3/c1-19-16-25-26(34-18-27(32)33-2)17-22-10-6-7-11-24(22)29(25)31(19)28(20-8-4-3-5-9-20)21-12-14-23(30)15-13-21/h3-17,28H,18H2,1-2H3. The van der Waals surface area contributed by atoms with Crippen LogP contribution in [0.2, 0.25) is 0 Å². The van der Waals surface area contributed by atoms with Gasteiger partial charge in [-0.1, -0.05) is 66.7 Å². The van der Waals surface area contributed by atoms with Crippen molar-refractivity contribution in [2.45, 2.75) is 13.0 Å². The van der Waals surface area contributed by atoms with Crippen LogP contribution < -0.4 is 4.74 Å². The number of esters is 1. The predicted molar refractivity (Wildman–Crippen MR) is 132 cm³/mol. The topological polar surface area (TPSA) is 40.5 Å². The van der Waals surface area contributed by atoms with Gasteiger partial charge in [0.25, 0.3) is 0 Å². The minimum atomic E-state index is -0.439. The maximum atomic E-state index is 13.8. The summed E-state index contributed by atoms with van der Waals surface area (Å²) in [6, 6.07) is 28.8. The van der Waals surface area contributed by atoms with E-state index in [1.165, 1.54) is 19.2 Å². The Kier molecular flexibility index (Phi) is 5.76. The third-order valence-electron chi connectivity index (χ3n) is 6.13. The molecule has 0 fully saturated rings. The van der Waals surface area contributed by atoms with Gasteiger partial charge in [-0.2, -0.15) is 0 Å². The molecular formula is C29H24FNO3. The van der Waals surface area contributed by atoms with E-state index in [2.05, 4.69) is 35.8 Å². The third-order valence-corrected chi connectivity index (χ3v) is 6.13. The molecule has 4 aromatic carbocycles. The lowest BCUT2D eigenvalue weighted by molar-refractivity contribution is -0.142. The Labute approximate surface area is 197 Å². The molecule has 0 radical (unpaired) electrons. The van der Waals surface area contributed by atoms with Crippen LogP contribution in [-0.4, -0.2) is 24.3 Å². The fourth-order valence-electron chi connectivity index (χ4n) is 4.59. The molecule has 1 heterocycles. The molecule has 0 bridgehead atoms. The second-order valence-electron chi connectivity index (χ2n) is 8.24. The van der Waals surface area contributed by atoms with Crippen molar-refractivity contribution in [3.8, 4) is 5.75 Å². The van der Waals surface area contributed by atoms with Crippen molar-refractivity contribution in [1.29, 1.82) is 0 Å². The molecule has 0 saturated carbocycles. The molecule has 34 heavy (non-hydrogen) atoms. The van der Waals surface area contributed by atoms with Crippen LogP contribution in [0, 0.1) is 12.7 Å². The van der Waals surface area contributed by atoms with Crippen LogP contribution in [0.15, 0.2) is 91.0 Å². The summed E-state index contributed by atoms with van der Waals surface area (Å²) in [6.45, 7) is 1.88. The molecule has 170 valence electrons. The maximum Gasteiger partial charge on any atom is 0.343 e. The van der Waals surface area contributed by atoms with Crippen molar-refractivity contribution < 1.29 is 18.7 Å². The van der Waals surface area contributed by atoms with E-state index in [4.69, 9.17) is 9.47 Å². The summed E-state index contributed by atoms with van der Waals surface area (Å²) >= 11 is 0. The molecule has 1 aromatic heterocycles. The highest BCUT2D eigenvalue weighted by Gasteiger charge is 2.23. The van der Waals surface area contributed by atoms with E-state index in [-0.39, 0.29) is 18.5 Å². The SMILES string of the molecule is COC(=O)COc1cc2ccccc2c2c1cc(C)n2C(c1ccccc1)c1ccc(F)cc1. The zero-order valence-electron chi connectivity index (χ0n) is 19.0. The number of benzene rings is 4. The van der Waals surface area contributed by atoms with Gasteiger partial charge in [0, 0.05) is 16.5 Å². The van der Waals surface area contributed by atoms with E-state index < -0.39 is 5.97 Å². The van der Waals surface area contributed by atoms with Crippen LogP contribution in [0.3, 0.4) is 0 Å². The Hall–Kier alpha value is -4.12. The normalized spacial score (nSPS) is 12.1. The largest absolute Gasteiger partial charge is 0.481 e. The number of halogens is 1. The Morgan fingerprint density at radius 3 is 2.29 bits per heavy atom. The number of aromatic nitrogens is 1. The van der Waals surface area contributed by atoms with Gasteiger partial charge < -0.3 is 14.0 Å². The van der Waals surface area contributed by atoms with Gasteiger partial charge in [0.2, 0.25) is 0 Å². The average molecular weight is 454 g/mol. The molecule has 5 heteroatoms. The van der Waals surface area contributed by atoms with Gasteiger partial charge in [-0.25, -0.2) is 9.18 Å². The highest BCUT2D eigenvalue weighted by atomic mass is 19.1. The fourth-order valence-corrected chi connectivity index (χ4v) is 4.59. The first kappa shape index (κ1) is 21.7. The van der Waals surface area contributed by atoms with Crippen molar-refractivity contribution in [3.63, 3.8) is 0 Å². The third kappa shape index (κ3) is 3.90. The number of nitrogens with zero attached hydrogens (tertiary/aromatic N) is 1. The van der Waals surface area contributed by atoms with Crippen molar-refractivity contribution in [2.75, 3.05) is 13.7 Å². The summed E-state index contributed by atoms with van der Waals surface area (Å²) in [5, 5.41) is 2.97. The number of fused-ring (bicyclic) bond motifs is 3. The van der Waals surface area contributed by atoms with Gasteiger partial charge in [0.15, 0.2) is 6.61 Å². The van der Waals surface area contributed by atoms with Gasteiger partial charge in [0.05, 0.1) is 18.7 Å². The molecule has 1 atom stereocenters. The zero-order chi connectivity index (χ0) is 23.7. The van der Waals surface area contributed by atoms with Gasteiger partial charge in [-0.05, 0) is 47.7 Å². The Morgan fingerprint density at radius 1 is 0.882 bits per heavy atom. The first-order valence-corrected chi connectivity index (χ1v) is 11.1. The first-order chi connectivity index (χ1) is 16.6. The summed E-state index contributed by atoms with van der Waals surface area (Å²) in [7, 11) is 1.34. The van der Waals surface area contributed by atoms with E-state index in [0.717, 1.165) is 38.5 Å². The van der Waals surface area contributed by atoms with Crippen LogP contribution in [0.25, 0.3) is 21.7 Å². The molecule has 0 aliphatic heterocycles. The summed E-state index contributed by atoms with van der Waals surface area (Å²) < 4.78 is 26.8. The fraction of sp³-hybridized carbons (Fsp3) is 0.138. The van der Waals surface area contributed by atoms with Gasteiger partial charge in [-0.15, -0.1) is 0 Å². The second kappa shape index (κ2) is 9.02. The quantitative estimate of drug-likeness (QED) is 0.278. The Balaban J connectivity index is 1.81. The molecule has 1 unspecified atom stereocenters. The van der Waals surface area contributed by atoms with E-state index in [0.29, 0.717) is 5.75 Å². The summed E-state index contributed by atoms with van der Waals surface area (Å²) in [5.41, 5.74) is 4.07. The number of carbonyl (C=O) groups excluding carboxylic acids is 1.